The molecule has 2 aromatic carbocycles. The highest BCUT2D eigenvalue weighted by molar-refractivity contribution is 9.10. The lowest BCUT2D eigenvalue weighted by atomic mass is 10.1. The minimum atomic E-state index is -0.184. The monoisotopic (exact) mass is 497 g/mol. The molecule has 4 nitrogen and oxygen atoms in total. The summed E-state index contributed by atoms with van der Waals surface area (Å²) in [6.45, 7) is 4.87. The van der Waals surface area contributed by atoms with Crippen molar-refractivity contribution in [2.75, 3.05) is 18.1 Å². The first-order chi connectivity index (χ1) is 13.4. The summed E-state index contributed by atoms with van der Waals surface area (Å²) in [6.07, 6.45) is 1.80. The summed E-state index contributed by atoms with van der Waals surface area (Å²) in [5.41, 5.74) is 1.46. The van der Waals surface area contributed by atoms with Crippen LogP contribution in [0.2, 0.25) is 5.02 Å². The number of hydrogen-bond donors (Lipinski definition) is 0. The van der Waals surface area contributed by atoms with Crippen LogP contribution in [0.3, 0.4) is 0 Å². The molecular weight excluding hydrogens is 482 g/mol. The zero-order valence-corrected chi connectivity index (χ0v) is 19.2. The Bertz CT molecular complexity index is 964. The number of carbonyl (C=O) groups is 1. The predicted octanol–water partition coefficient (Wildman–Crippen LogP) is 6.31. The van der Waals surface area contributed by atoms with Crippen molar-refractivity contribution in [1.82, 2.24) is 0 Å². The summed E-state index contributed by atoms with van der Waals surface area (Å²) in [7, 11) is 0. The summed E-state index contributed by atoms with van der Waals surface area (Å²) < 4.78 is 12.6. The molecule has 0 radical (unpaired) electrons. The van der Waals surface area contributed by atoms with Crippen molar-refractivity contribution in [3.8, 4) is 11.5 Å². The zero-order chi connectivity index (χ0) is 20.3. The van der Waals surface area contributed by atoms with Crippen molar-refractivity contribution in [3.63, 3.8) is 0 Å². The highest BCUT2D eigenvalue weighted by Crippen LogP contribution is 2.40. The fraction of sp³-hybridized carbons (Fsp3) is 0.200. The van der Waals surface area contributed by atoms with Crippen molar-refractivity contribution in [2.24, 2.45) is 0 Å². The van der Waals surface area contributed by atoms with E-state index in [4.69, 9.17) is 33.3 Å². The number of amides is 1. The Morgan fingerprint density at radius 2 is 1.86 bits per heavy atom. The van der Waals surface area contributed by atoms with Crippen LogP contribution in [0.5, 0.6) is 11.5 Å². The lowest BCUT2D eigenvalue weighted by Crippen LogP contribution is -2.27. The van der Waals surface area contributed by atoms with Crippen molar-refractivity contribution in [1.29, 1.82) is 0 Å². The molecule has 2 aromatic rings. The molecule has 28 heavy (non-hydrogen) atoms. The average molecular weight is 499 g/mol. The summed E-state index contributed by atoms with van der Waals surface area (Å²) >= 11 is 16.3. The predicted molar refractivity (Wildman–Crippen MR) is 124 cm³/mol. The Kier molecular flexibility index (Phi) is 7.04. The smallest absolute Gasteiger partial charge is 0.270 e. The van der Waals surface area contributed by atoms with Gasteiger partial charge in [-0.15, -0.1) is 0 Å². The summed E-state index contributed by atoms with van der Waals surface area (Å²) in [6, 6.07) is 10.8. The molecule has 1 fully saturated rings. The molecule has 8 heteroatoms. The van der Waals surface area contributed by atoms with Crippen LogP contribution in [0.25, 0.3) is 6.08 Å². The van der Waals surface area contributed by atoms with Gasteiger partial charge in [-0.1, -0.05) is 57.6 Å². The number of halogens is 2. The van der Waals surface area contributed by atoms with Crippen LogP contribution in [0.4, 0.5) is 5.69 Å². The van der Waals surface area contributed by atoms with Gasteiger partial charge in [0.2, 0.25) is 0 Å². The maximum Gasteiger partial charge on any atom is 0.270 e. The molecule has 1 aliphatic rings. The number of thiocarbonyl (C=S) groups is 1. The molecular formula is C20H17BrClNO3S2. The Balaban J connectivity index is 1.96. The second-order valence-electron chi connectivity index (χ2n) is 5.68. The van der Waals surface area contributed by atoms with E-state index in [1.165, 1.54) is 16.7 Å². The number of anilines is 1. The minimum Gasteiger partial charge on any atom is -0.490 e. The molecule has 1 heterocycles. The number of nitrogens with zero attached hydrogens (tertiary/aromatic N) is 1. The maximum absolute atomic E-state index is 13.0. The van der Waals surface area contributed by atoms with Gasteiger partial charge in [-0.3, -0.25) is 9.69 Å². The van der Waals surface area contributed by atoms with Crippen molar-refractivity contribution < 1.29 is 14.3 Å². The number of rotatable bonds is 6. The first-order valence-electron chi connectivity index (χ1n) is 8.57. The quantitative estimate of drug-likeness (QED) is 0.345. The van der Waals surface area contributed by atoms with Gasteiger partial charge in [-0.05, 0) is 55.8 Å². The first kappa shape index (κ1) is 21.2. The second kappa shape index (κ2) is 9.31. The Labute approximate surface area is 187 Å². The van der Waals surface area contributed by atoms with Gasteiger partial charge < -0.3 is 9.47 Å². The summed E-state index contributed by atoms with van der Waals surface area (Å²) in [5.74, 6) is 1.10. The van der Waals surface area contributed by atoms with Crippen LogP contribution in [0.15, 0.2) is 45.8 Å². The third-order valence-corrected chi connectivity index (χ3v) is 6.03. The van der Waals surface area contributed by atoms with Gasteiger partial charge in [0, 0.05) is 9.50 Å². The van der Waals surface area contributed by atoms with Crippen LogP contribution >= 0.6 is 51.5 Å². The van der Waals surface area contributed by atoms with Gasteiger partial charge in [0.1, 0.15) is 0 Å². The molecule has 0 bridgehead atoms. The van der Waals surface area contributed by atoms with Gasteiger partial charge >= 0.3 is 0 Å². The van der Waals surface area contributed by atoms with E-state index >= 15 is 0 Å². The molecule has 1 amide bonds. The molecule has 0 atom stereocenters. The molecule has 3 rings (SSSR count). The Morgan fingerprint density at radius 3 is 2.50 bits per heavy atom. The Hall–Kier alpha value is -1.54. The molecule has 146 valence electrons. The molecule has 0 aromatic heterocycles. The third-order valence-electron chi connectivity index (χ3n) is 3.81. The van der Waals surface area contributed by atoms with Crippen molar-refractivity contribution in [3.05, 3.63) is 56.4 Å². The van der Waals surface area contributed by atoms with Crippen LogP contribution in [0.1, 0.15) is 19.4 Å². The maximum atomic E-state index is 13.0. The molecule has 0 N–H and O–H groups in total. The number of thioether (sulfide) groups is 1. The number of carbonyl (C=O) groups excluding carboxylic acids is 1. The summed E-state index contributed by atoms with van der Waals surface area (Å²) in [4.78, 5) is 15.0. The van der Waals surface area contributed by atoms with E-state index in [2.05, 4.69) is 15.9 Å². The van der Waals surface area contributed by atoms with E-state index in [1.807, 2.05) is 26.0 Å². The second-order valence-corrected chi connectivity index (χ2v) is 8.65. The van der Waals surface area contributed by atoms with Gasteiger partial charge in [0.25, 0.3) is 5.91 Å². The van der Waals surface area contributed by atoms with Crippen LogP contribution < -0.4 is 14.4 Å². The standard InChI is InChI=1S/C20H17BrClNO3S2/c1-3-25-16-8-12(15(21)11-17(16)26-4-2)9-18-19(24)23(20(27)28-18)14-7-5-6-13(22)10-14/h5-11H,3-4H2,1-2H3. The molecule has 0 aliphatic carbocycles. The molecule has 0 saturated carbocycles. The molecule has 1 saturated heterocycles. The van der Waals surface area contributed by atoms with Crippen LogP contribution in [-0.2, 0) is 4.79 Å². The Morgan fingerprint density at radius 1 is 1.18 bits per heavy atom. The van der Waals surface area contributed by atoms with E-state index in [9.17, 15) is 4.79 Å². The van der Waals surface area contributed by atoms with Gasteiger partial charge in [0.15, 0.2) is 15.8 Å². The molecule has 0 unspecified atom stereocenters. The fourth-order valence-corrected chi connectivity index (χ4v) is 4.56. The van der Waals surface area contributed by atoms with Gasteiger partial charge in [0.05, 0.1) is 23.8 Å². The zero-order valence-electron chi connectivity index (χ0n) is 15.2. The molecule has 0 spiro atoms. The van der Waals surface area contributed by atoms with E-state index < -0.39 is 0 Å². The lowest BCUT2D eigenvalue weighted by molar-refractivity contribution is -0.113. The van der Waals surface area contributed by atoms with Crippen molar-refractivity contribution >= 4 is 73.5 Å². The topological polar surface area (TPSA) is 38.8 Å². The van der Waals surface area contributed by atoms with E-state index in [-0.39, 0.29) is 5.91 Å². The average Bonchev–Trinajstić information content (AvgIpc) is 2.92. The van der Waals surface area contributed by atoms with Crippen molar-refractivity contribution in [2.45, 2.75) is 13.8 Å². The summed E-state index contributed by atoms with van der Waals surface area (Å²) in [5, 5.41) is 0.547. The first-order valence-corrected chi connectivity index (χ1v) is 11.0. The van der Waals surface area contributed by atoms with E-state index in [1.54, 1.807) is 30.3 Å². The highest BCUT2D eigenvalue weighted by atomic mass is 79.9. The number of hydrogen-bond acceptors (Lipinski definition) is 5. The van der Waals surface area contributed by atoms with Crippen LogP contribution in [0, 0.1) is 0 Å². The largest absolute Gasteiger partial charge is 0.490 e. The normalized spacial score (nSPS) is 15.4. The number of benzene rings is 2. The lowest BCUT2D eigenvalue weighted by Gasteiger charge is -2.14. The van der Waals surface area contributed by atoms with Gasteiger partial charge in [-0.2, -0.15) is 0 Å². The van der Waals surface area contributed by atoms with E-state index in [0.717, 1.165) is 10.0 Å². The minimum absolute atomic E-state index is 0.184. The number of ether oxygens (including phenoxy) is 2. The third kappa shape index (κ3) is 4.54. The fourth-order valence-electron chi connectivity index (χ4n) is 2.64. The van der Waals surface area contributed by atoms with Crippen LogP contribution in [-0.4, -0.2) is 23.4 Å². The SMILES string of the molecule is CCOc1cc(Br)c(C=C2SC(=S)N(c3cccc(Cl)c3)C2=O)cc1OCC. The van der Waals surface area contributed by atoms with E-state index in [0.29, 0.717) is 44.6 Å². The molecule has 1 aliphatic heterocycles. The van der Waals surface area contributed by atoms with Gasteiger partial charge in [-0.25, -0.2) is 0 Å². The highest BCUT2D eigenvalue weighted by Gasteiger charge is 2.33.